The smallest absolute Gasteiger partial charge is 0.134 e. The Morgan fingerprint density at radius 1 is 1.38 bits per heavy atom. The van der Waals surface area contributed by atoms with Crippen LogP contribution in [0.2, 0.25) is 5.02 Å². The number of halogens is 1. The predicted octanol–water partition coefficient (Wildman–Crippen LogP) is 3.17. The zero-order valence-corrected chi connectivity index (χ0v) is 8.14. The van der Waals surface area contributed by atoms with Crippen LogP contribution < -0.4 is 0 Å². The Hall–Kier alpha value is -1.06. The van der Waals surface area contributed by atoms with Crippen molar-refractivity contribution in [1.29, 1.82) is 0 Å². The maximum absolute atomic E-state index is 9.19. The average Bonchev–Trinajstić information content (AvgIpc) is 2.62. The van der Waals surface area contributed by atoms with Crippen LogP contribution >= 0.6 is 22.9 Å². The summed E-state index contributed by atoms with van der Waals surface area (Å²) in [5.41, 5.74) is 3.56. The van der Waals surface area contributed by atoms with E-state index in [0.717, 1.165) is 11.3 Å². The molecular formula is C9H6ClNOS. The third kappa shape index (κ3) is 1.66. The highest BCUT2D eigenvalue weighted by Gasteiger charge is 2.03. The van der Waals surface area contributed by atoms with Gasteiger partial charge in [-0.1, -0.05) is 11.6 Å². The molecule has 2 aromatic rings. The summed E-state index contributed by atoms with van der Waals surface area (Å²) in [4.78, 5) is 4.14. The standard InChI is InChI=1S/C9H6ClNOS/c10-7-3-6(1-2-9(7)12)8-4-13-5-11-8/h1-5,12H. The van der Waals surface area contributed by atoms with Gasteiger partial charge in [0.15, 0.2) is 0 Å². The van der Waals surface area contributed by atoms with Gasteiger partial charge in [0.1, 0.15) is 5.75 Å². The monoisotopic (exact) mass is 211 g/mol. The lowest BCUT2D eigenvalue weighted by Crippen LogP contribution is -1.76. The van der Waals surface area contributed by atoms with E-state index in [4.69, 9.17) is 11.6 Å². The number of phenols is 1. The van der Waals surface area contributed by atoms with Crippen LogP contribution in [0.5, 0.6) is 5.75 Å². The van der Waals surface area contributed by atoms with Crippen molar-refractivity contribution in [3.63, 3.8) is 0 Å². The molecule has 4 heteroatoms. The lowest BCUT2D eigenvalue weighted by molar-refractivity contribution is 0.475. The first kappa shape index (κ1) is 8.53. The molecule has 0 radical (unpaired) electrons. The van der Waals surface area contributed by atoms with E-state index >= 15 is 0 Å². The largest absolute Gasteiger partial charge is 0.506 e. The highest BCUT2D eigenvalue weighted by atomic mass is 35.5. The normalized spacial score (nSPS) is 10.2. The van der Waals surface area contributed by atoms with Crippen molar-refractivity contribution in [1.82, 2.24) is 4.98 Å². The van der Waals surface area contributed by atoms with Crippen molar-refractivity contribution < 1.29 is 5.11 Å². The minimum atomic E-state index is 0.0978. The van der Waals surface area contributed by atoms with Gasteiger partial charge in [0.05, 0.1) is 16.2 Å². The highest BCUT2D eigenvalue weighted by Crippen LogP contribution is 2.28. The summed E-state index contributed by atoms with van der Waals surface area (Å²) in [5.74, 6) is 0.0978. The second-order valence-electron chi connectivity index (χ2n) is 2.54. The Kier molecular flexibility index (Phi) is 2.20. The minimum absolute atomic E-state index is 0.0978. The van der Waals surface area contributed by atoms with Gasteiger partial charge < -0.3 is 5.11 Å². The van der Waals surface area contributed by atoms with Crippen LogP contribution in [0.25, 0.3) is 11.3 Å². The molecule has 0 aliphatic heterocycles. The number of rotatable bonds is 1. The van der Waals surface area contributed by atoms with E-state index in [1.54, 1.807) is 23.7 Å². The molecule has 0 aliphatic rings. The Bertz CT molecular complexity index is 414. The zero-order chi connectivity index (χ0) is 9.26. The Labute approximate surface area is 84.4 Å². The van der Waals surface area contributed by atoms with Gasteiger partial charge in [-0.3, -0.25) is 0 Å². The van der Waals surface area contributed by atoms with Crippen LogP contribution in [0.3, 0.4) is 0 Å². The van der Waals surface area contributed by atoms with E-state index in [-0.39, 0.29) is 5.75 Å². The summed E-state index contributed by atoms with van der Waals surface area (Å²) in [6.07, 6.45) is 0. The van der Waals surface area contributed by atoms with E-state index in [9.17, 15) is 5.11 Å². The first-order valence-corrected chi connectivity index (χ1v) is 4.96. The van der Waals surface area contributed by atoms with Crippen molar-refractivity contribution in [2.24, 2.45) is 0 Å². The van der Waals surface area contributed by atoms with Crippen molar-refractivity contribution in [2.45, 2.75) is 0 Å². The lowest BCUT2D eigenvalue weighted by Gasteiger charge is -1.99. The summed E-state index contributed by atoms with van der Waals surface area (Å²) >= 11 is 7.28. The highest BCUT2D eigenvalue weighted by molar-refractivity contribution is 7.07. The molecule has 0 aliphatic carbocycles. The van der Waals surface area contributed by atoms with Crippen LogP contribution in [-0.2, 0) is 0 Å². The molecule has 0 spiro atoms. The number of phenolic OH excluding ortho intramolecular Hbond substituents is 1. The fourth-order valence-electron chi connectivity index (χ4n) is 1.02. The molecule has 0 fully saturated rings. The molecule has 1 N–H and O–H groups in total. The lowest BCUT2D eigenvalue weighted by atomic mass is 10.2. The van der Waals surface area contributed by atoms with E-state index in [2.05, 4.69) is 4.98 Å². The number of nitrogens with zero attached hydrogens (tertiary/aromatic N) is 1. The zero-order valence-electron chi connectivity index (χ0n) is 6.57. The first-order valence-electron chi connectivity index (χ1n) is 3.64. The summed E-state index contributed by atoms with van der Waals surface area (Å²) < 4.78 is 0. The molecule has 2 rings (SSSR count). The molecule has 0 saturated carbocycles. The molecule has 0 amide bonds. The predicted molar refractivity (Wildman–Crippen MR) is 54.2 cm³/mol. The summed E-state index contributed by atoms with van der Waals surface area (Å²) in [5, 5.41) is 11.5. The Balaban J connectivity index is 2.49. The average molecular weight is 212 g/mol. The van der Waals surface area contributed by atoms with Gasteiger partial charge in [-0.05, 0) is 18.2 Å². The molecule has 0 bridgehead atoms. The Morgan fingerprint density at radius 3 is 2.85 bits per heavy atom. The van der Waals surface area contributed by atoms with Crippen LogP contribution in [0.15, 0.2) is 29.1 Å². The summed E-state index contributed by atoms with van der Waals surface area (Å²) in [6, 6.07) is 5.05. The second kappa shape index (κ2) is 3.36. The van der Waals surface area contributed by atoms with Gasteiger partial charge in [0.25, 0.3) is 0 Å². The molecular weight excluding hydrogens is 206 g/mol. The molecule has 1 aromatic heterocycles. The molecule has 13 heavy (non-hydrogen) atoms. The van der Waals surface area contributed by atoms with Gasteiger partial charge in [0.2, 0.25) is 0 Å². The number of aromatic hydroxyl groups is 1. The van der Waals surface area contributed by atoms with Crippen LogP contribution in [-0.4, -0.2) is 10.1 Å². The molecule has 1 aromatic carbocycles. The number of hydrogen-bond donors (Lipinski definition) is 1. The quantitative estimate of drug-likeness (QED) is 0.786. The number of aromatic nitrogens is 1. The van der Waals surface area contributed by atoms with Crippen molar-refractivity contribution in [3.8, 4) is 17.0 Å². The van der Waals surface area contributed by atoms with Crippen LogP contribution in [0.1, 0.15) is 0 Å². The fourth-order valence-corrected chi connectivity index (χ4v) is 1.76. The van der Waals surface area contributed by atoms with E-state index in [1.807, 2.05) is 5.38 Å². The third-order valence-corrected chi connectivity index (χ3v) is 2.56. The van der Waals surface area contributed by atoms with Crippen LogP contribution in [0, 0.1) is 0 Å². The molecule has 0 unspecified atom stereocenters. The van der Waals surface area contributed by atoms with Crippen molar-refractivity contribution >= 4 is 22.9 Å². The number of hydrogen-bond acceptors (Lipinski definition) is 3. The van der Waals surface area contributed by atoms with E-state index in [0.29, 0.717) is 5.02 Å². The van der Waals surface area contributed by atoms with E-state index in [1.165, 1.54) is 11.3 Å². The van der Waals surface area contributed by atoms with Gasteiger partial charge in [-0.25, -0.2) is 4.98 Å². The SMILES string of the molecule is Oc1ccc(-c2cscn2)cc1Cl. The molecule has 0 saturated heterocycles. The second-order valence-corrected chi connectivity index (χ2v) is 3.67. The maximum Gasteiger partial charge on any atom is 0.134 e. The van der Waals surface area contributed by atoms with Gasteiger partial charge in [0, 0.05) is 10.9 Å². The fraction of sp³-hybridized carbons (Fsp3) is 0. The van der Waals surface area contributed by atoms with Crippen LogP contribution in [0.4, 0.5) is 0 Å². The molecule has 2 nitrogen and oxygen atoms in total. The molecule has 0 atom stereocenters. The van der Waals surface area contributed by atoms with Crippen molar-refractivity contribution in [3.05, 3.63) is 34.1 Å². The van der Waals surface area contributed by atoms with Gasteiger partial charge in [-0.15, -0.1) is 11.3 Å². The van der Waals surface area contributed by atoms with Crippen molar-refractivity contribution in [2.75, 3.05) is 0 Å². The first-order chi connectivity index (χ1) is 6.27. The minimum Gasteiger partial charge on any atom is -0.506 e. The maximum atomic E-state index is 9.19. The molecule has 66 valence electrons. The van der Waals surface area contributed by atoms with E-state index < -0.39 is 0 Å². The number of benzene rings is 1. The Morgan fingerprint density at radius 2 is 2.23 bits per heavy atom. The topological polar surface area (TPSA) is 33.1 Å². The summed E-state index contributed by atoms with van der Waals surface area (Å²) in [6.45, 7) is 0. The number of thiazole rings is 1. The third-order valence-electron chi connectivity index (χ3n) is 1.68. The molecule has 1 heterocycles. The van der Waals surface area contributed by atoms with Gasteiger partial charge >= 0.3 is 0 Å². The summed E-state index contributed by atoms with van der Waals surface area (Å²) in [7, 11) is 0. The van der Waals surface area contributed by atoms with Gasteiger partial charge in [-0.2, -0.15) is 0 Å².